The third-order valence-corrected chi connectivity index (χ3v) is 7.17. The summed E-state index contributed by atoms with van der Waals surface area (Å²) in [6.07, 6.45) is 0.486. The first kappa shape index (κ1) is 27.4. The molecule has 1 amide bonds. The minimum atomic E-state index is -0.965. The Kier molecular flexibility index (Phi) is 7.91. The summed E-state index contributed by atoms with van der Waals surface area (Å²) in [5.41, 5.74) is 6.55. The zero-order valence-corrected chi connectivity index (χ0v) is 23.3. The van der Waals surface area contributed by atoms with Gasteiger partial charge in [-0.1, -0.05) is 35.3 Å². The monoisotopic (exact) mass is 576 g/mol. The fourth-order valence-electron chi connectivity index (χ4n) is 4.64. The van der Waals surface area contributed by atoms with E-state index in [9.17, 15) is 9.59 Å². The lowest BCUT2D eigenvalue weighted by Crippen LogP contribution is -2.26. The summed E-state index contributed by atoms with van der Waals surface area (Å²) in [5, 5.41) is 17.4. The average Bonchev–Trinajstić information content (AvgIpc) is 3.56. The standard InChI is InChI=1S/C30H26Cl2N4O4/c1-17(18-3-5-19(6-4-18)30(39)33-10-9-29(37)38)36-28(16-26(35-36)20-11-22(31)15-23(32)12-20)27-14-21-13-24(40-2)7-8-25(21)34-27/h3-8,11-13,15-17H,9-10,14H2,1-2H3,(H,33,39)(H,37,38). The minimum Gasteiger partial charge on any atom is -0.497 e. The molecule has 1 unspecified atom stereocenters. The van der Waals surface area contributed by atoms with Gasteiger partial charge in [-0.25, -0.2) is 0 Å². The van der Waals surface area contributed by atoms with E-state index in [2.05, 4.69) is 5.32 Å². The van der Waals surface area contributed by atoms with Crippen LogP contribution in [-0.2, 0) is 11.2 Å². The van der Waals surface area contributed by atoms with Crippen molar-refractivity contribution in [1.82, 2.24) is 15.1 Å². The summed E-state index contributed by atoms with van der Waals surface area (Å²) in [6, 6.07) is 20.1. The van der Waals surface area contributed by atoms with E-state index >= 15 is 0 Å². The maximum Gasteiger partial charge on any atom is 0.305 e. The van der Waals surface area contributed by atoms with E-state index in [4.69, 9.17) is 43.1 Å². The summed E-state index contributed by atoms with van der Waals surface area (Å²) < 4.78 is 7.32. The molecule has 40 heavy (non-hydrogen) atoms. The van der Waals surface area contributed by atoms with Crippen LogP contribution >= 0.6 is 23.2 Å². The Labute approximate surface area is 241 Å². The van der Waals surface area contributed by atoms with E-state index in [1.165, 1.54) is 0 Å². The van der Waals surface area contributed by atoms with Crippen molar-refractivity contribution in [3.63, 3.8) is 0 Å². The molecule has 1 aliphatic heterocycles. The van der Waals surface area contributed by atoms with Crippen molar-refractivity contribution in [3.8, 4) is 17.0 Å². The number of benzene rings is 3. The maximum atomic E-state index is 12.4. The van der Waals surface area contributed by atoms with Gasteiger partial charge in [-0.3, -0.25) is 19.3 Å². The van der Waals surface area contributed by atoms with Gasteiger partial charge in [0, 0.05) is 34.1 Å². The number of carboxylic acids is 1. The molecule has 8 nitrogen and oxygen atoms in total. The predicted octanol–water partition coefficient (Wildman–Crippen LogP) is 6.36. The fraction of sp³-hybridized carbons (Fsp3) is 0.200. The number of halogens is 2. The molecule has 10 heteroatoms. The molecule has 0 fully saturated rings. The Balaban J connectivity index is 1.48. The van der Waals surface area contributed by atoms with Crippen molar-refractivity contribution in [2.24, 2.45) is 4.99 Å². The number of aliphatic imine (C=N–C) groups is 1. The number of rotatable bonds is 9. The Hall–Kier alpha value is -4.14. The van der Waals surface area contributed by atoms with Gasteiger partial charge < -0.3 is 15.2 Å². The quantitative estimate of drug-likeness (QED) is 0.241. The van der Waals surface area contributed by atoms with Gasteiger partial charge in [0.2, 0.25) is 0 Å². The van der Waals surface area contributed by atoms with Gasteiger partial charge >= 0.3 is 5.97 Å². The van der Waals surface area contributed by atoms with Gasteiger partial charge in [0.05, 0.1) is 42.4 Å². The van der Waals surface area contributed by atoms with E-state index < -0.39 is 5.97 Å². The molecule has 0 saturated heterocycles. The van der Waals surface area contributed by atoms with Gasteiger partial charge in [-0.05, 0) is 72.6 Å². The van der Waals surface area contributed by atoms with E-state index in [0.29, 0.717) is 27.7 Å². The van der Waals surface area contributed by atoms with Crippen molar-refractivity contribution in [2.45, 2.75) is 25.8 Å². The second-order valence-electron chi connectivity index (χ2n) is 9.45. The Morgan fingerprint density at radius 3 is 2.45 bits per heavy atom. The molecular weight excluding hydrogens is 551 g/mol. The molecular formula is C30H26Cl2N4O4. The van der Waals surface area contributed by atoms with Crippen LogP contribution in [0.1, 0.15) is 46.6 Å². The number of hydrogen-bond donors (Lipinski definition) is 2. The molecule has 4 aromatic rings. The van der Waals surface area contributed by atoms with E-state index in [-0.39, 0.29) is 24.9 Å². The summed E-state index contributed by atoms with van der Waals surface area (Å²) in [7, 11) is 1.64. The molecule has 204 valence electrons. The molecule has 1 atom stereocenters. The summed E-state index contributed by atoms with van der Waals surface area (Å²) in [5.74, 6) is -0.514. The van der Waals surface area contributed by atoms with Gasteiger partial charge in [-0.2, -0.15) is 5.10 Å². The third kappa shape index (κ3) is 5.88. The summed E-state index contributed by atoms with van der Waals surface area (Å²) in [6.45, 7) is 2.09. The van der Waals surface area contributed by atoms with E-state index in [1.54, 1.807) is 25.3 Å². The molecule has 0 aliphatic carbocycles. The van der Waals surface area contributed by atoms with Crippen LogP contribution in [0.2, 0.25) is 10.0 Å². The number of nitrogens with one attached hydrogen (secondary N) is 1. The third-order valence-electron chi connectivity index (χ3n) is 6.74. The van der Waals surface area contributed by atoms with Crippen LogP contribution in [0.25, 0.3) is 11.3 Å². The molecule has 2 N–H and O–H groups in total. The van der Waals surface area contributed by atoms with Crippen molar-refractivity contribution < 1.29 is 19.4 Å². The van der Waals surface area contributed by atoms with Crippen LogP contribution in [-0.4, -0.2) is 46.1 Å². The van der Waals surface area contributed by atoms with Gasteiger partial charge in [0.25, 0.3) is 5.91 Å². The first-order valence-corrected chi connectivity index (χ1v) is 13.4. The number of amides is 1. The second-order valence-corrected chi connectivity index (χ2v) is 10.3. The fourth-order valence-corrected chi connectivity index (χ4v) is 5.17. The number of fused-ring (bicyclic) bond motifs is 1. The van der Waals surface area contributed by atoms with Gasteiger partial charge in [-0.15, -0.1) is 0 Å². The Morgan fingerprint density at radius 2 is 1.77 bits per heavy atom. The largest absolute Gasteiger partial charge is 0.497 e. The van der Waals surface area contributed by atoms with Crippen molar-refractivity contribution in [3.05, 3.63) is 99.2 Å². The highest BCUT2D eigenvalue weighted by molar-refractivity contribution is 6.35. The highest BCUT2D eigenvalue weighted by Gasteiger charge is 2.24. The zero-order chi connectivity index (χ0) is 28.4. The van der Waals surface area contributed by atoms with Crippen LogP contribution in [0.3, 0.4) is 0 Å². The van der Waals surface area contributed by atoms with Gasteiger partial charge in [0.1, 0.15) is 5.75 Å². The lowest BCUT2D eigenvalue weighted by molar-refractivity contribution is -0.136. The first-order valence-electron chi connectivity index (χ1n) is 12.6. The summed E-state index contributed by atoms with van der Waals surface area (Å²) in [4.78, 5) is 28.0. The molecule has 1 aliphatic rings. The van der Waals surface area contributed by atoms with E-state index in [1.807, 2.05) is 60.1 Å². The Morgan fingerprint density at radius 1 is 1.05 bits per heavy atom. The SMILES string of the molecule is COc1ccc2c(c1)CC(c1cc(-c3cc(Cl)cc(Cl)c3)nn1C(C)c1ccc(C(=O)NCCC(=O)O)cc1)=N2. The molecule has 0 spiro atoms. The minimum absolute atomic E-state index is 0.0651. The van der Waals surface area contributed by atoms with E-state index in [0.717, 1.165) is 39.5 Å². The molecule has 5 rings (SSSR count). The number of carboxylic acid groups (broad SMARTS) is 1. The highest BCUT2D eigenvalue weighted by Crippen LogP contribution is 2.35. The number of nitrogens with zero attached hydrogens (tertiary/aromatic N) is 3. The number of hydrogen-bond acceptors (Lipinski definition) is 5. The van der Waals surface area contributed by atoms with Crippen LogP contribution in [0, 0.1) is 0 Å². The Bertz CT molecular complexity index is 1610. The second kappa shape index (κ2) is 11.5. The van der Waals surface area contributed by atoms with Crippen molar-refractivity contribution in [2.75, 3.05) is 13.7 Å². The maximum absolute atomic E-state index is 12.4. The first-order chi connectivity index (χ1) is 19.2. The smallest absolute Gasteiger partial charge is 0.305 e. The van der Waals surface area contributed by atoms with Crippen molar-refractivity contribution >= 4 is 46.5 Å². The molecule has 3 aromatic carbocycles. The van der Waals surface area contributed by atoms with Crippen molar-refractivity contribution in [1.29, 1.82) is 0 Å². The molecule has 0 radical (unpaired) electrons. The number of aliphatic carboxylic acids is 1. The summed E-state index contributed by atoms with van der Waals surface area (Å²) >= 11 is 12.6. The average molecular weight is 577 g/mol. The molecule has 0 saturated carbocycles. The van der Waals surface area contributed by atoms with Gasteiger partial charge in [0.15, 0.2) is 0 Å². The normalized spacial score (nSPS) is 12.9. The lowest BCUT2D eigenvalue weighted by Gasteiger charge is -2.17. The number of ether oxygens (including phenoxy) is 1. The van der Waals surface area contributed by atoms with Crippen LogP contribution < -0.4 is 10.1 Å². The number of methoxy groups -OCH3 is 1. The predicted molar refractivity (Wildman–Crippen MR) is 155 cm³/mol. The number of aromatic nitrogens is 2. The van der Waals surface area contributed by atoms with Crippen LogP contribution in [0.5, 0.6) is 5.75 Å². The topological polar surface area (TPSA) is 106 Å². The molecule has 2 heterocycles. The molecule has 0 bridgehead atoms. The zero-order valence-electron chi connectivity index (χ0n) is 21.8. The number of carbonyl (C=O) groups excluding carboxylic acids is 1. The van der Waals surface area contributed by atoms with Crippen LogP contribution in [0.4, 0.5) is 5.69 Å². The lowest BCUT2D eigenvalue weighted by atomic mass is 10.0. The molecule has 1 aromatic heterocycles. The number of carbonyl (C=O) groups is 2. The van der Waals surface area contributed by atoms with Crippen LogP contribution in [0.15, 0.2) is 71.7 Å². The highest BCUT2D eigenvalue weighted by atomic mass is 35.5.